The van der Waals surface area contributed by atoms with E-state index in [1.54, 1.807) is 0 Å². The third-order valence-corrected chi connectivity index (χ3v) is 2.31. The van der Waals surface area contributed by atoms with Crippen LogP contribution in [0.1, 0.15) is 16.1 Å². The Kier molecular flexibility index (Phi) is 3.27. The highest BCUT2D eigenvalue weighted by atomic mass is 19.2. The van der Waals surface area contributed by atoms with E-state index in [4.69, 9.17) is 9.52 Å². The van der Waals surface area contributed by atoms with Crippen LogP contribution in [0.5, 0.6) is 0 Å². The minimum atomic E-state index is -1.11. The van der Waals surface area contributed by atoms with Gasteiger partial charge in [0.05, 0.1) is 17.8 Å². The molecule has 0 spiro atoms. The summed E-state index contributed by atoms with van der Waals surface area (Å²) in [7, 11) is 0. The molecule has 2 N–H and O–H groups in total. The number of rotatable bonds is 4. The summed E-state index contributed by atoms with van der Waals surface area (Å²) in [5.41, 5.74) is -0.00482. The number of halogens is 2. The van der Waals surface area contributed by atoms with Gasteiger partial charge in [-0.05, 0) is 18.2 Å². The van der Waals surface area contributed by atoms with Crippen molar-refractivity contribution in [2.24, 2.45) is 0 Å². The van der Waals surface area contributed by atoms with Crippen LogP contribution in [-0.2, 0) is 6.54 Å². The summed E-state index contributed by atoms with van der Waals surface area (Å²) in [6.07, 6.45) is 1.08. The van der Waals surface area contributed by atoms with Crippen LogP contribution in [0.4, 0.5) is 14.5 Å². The molecule has 94 valence electrons. The zero-order valence-electron chi connectivity index (χ0n) is 9.11. The van der Waals surface area contributed by atoms with Crippen molar-refractivity contribution in [2.75, 3.05) is 5.32 Å². The first kappa shape index (κ1) is 12.1. The highest BCUT2D eigenvalue weighted by Crippen LogP contribution is 2.18. The van der Waals surface area contributed by atoms with Crippen LogP contribution < -0.4 is 5.32 Å². The van der Waals surface area contributed by atoms with Crippen molar-refractivity contribution in [3.63, 3.8) is 0 Å². The number of carboxylic acid groups (broad SMARTS) is 1. The van der Waals surface area contributed by atoms with Gasteiger partial charge in [0.15, 0.2) is 11.6 Å². The van der Waals surface area contributed by atoms with Gasteiger partial charge >= 0.3 is 5.97 Å². The fourth-order valence-electron chi connectivity index (χ4n) is 1.41. The maximum absolute atomic E-state index is 13.3. The van der Waals surface area contributed by atoms with E-state index in [-0.39, 0.29) is 17.8 Å². The lowest BCUT2D eigenvalue weighted by Crippen LogP contribution is -2.02. The van der Waals surface area contributed by atoms with E-state index in [1.165, 1.54) is 18.2 Å². The molecule has 0 aliphatic rings. The standard InChI is InChI=1S/C12H9F2NO3/c13-9-2-1-3-10(11(9)14)15-5-8-4-7(6-18-8)12(16)17/h1-4,6,15H,5H2,(H,16,17). The predicted octanol–water partition coefficient (Wildman–Crippen LogP) is 2.87. The number of furan rings is 1. The average molecular weight is 253 g/mol. The largest absolute Gasteiger partial charge is 0.478 e. The number of benzene rings is 1. The van der Waals surface area contributed by atoms with Crippen LogP contribution in [-0.4, -0.2) is 11.1 Å². The number of nitrogens with one attached hydrogen (secondary N) is 1. The third-order valence-electron chi connectivity index (χ3n) is 2.31. The van der Waals surface area contributed by atoms with Crippen LogP contribution in [0.2, 0.25) is 0 Å². The molecular formula is C12H9F2NO3. The van der Waals surface area contributed by atoms with Gasteiger partial charge in [0, 0.05) is 0 Å². The van der Waals surface area contributed by atoms with Crippen molar-refractivity contribution in [2.45, 2.75) is 6.54 Å². The molecule has 2 aromatic rings. The first-order valence-corrected chi connectivity index (χ1v) is 5.06. The van der Waals surface area contributed by atoms with Crippen LogP contribution >= 0.6 is 0 Å². The maximum Gasteiger partial charge on any atom is 0.338 e. The van der Waals surface area contributed by atoms with Gasteiger partial charge in [-0.15, -0.1) is 0 Å². The fraction of sp³-hybridized carbons (Fsp3) is 0.0833. The van der Waals surface area contributed by atoms with Crippen LogP contribution in [0.3, 0.4) is 0 Å². The molecule has 1 heterocycles. The van der Waals surface area contributed by atoms with Crippen molar-refractivity contribution in [1.82, 2.24) is 0 Å². The van der Waals surface area contributed by atoms with E-state index in [0.717, 1.165) is 12.3 Å². The lowest BCUT2D eigenvalue weighted by molar-refractivity contribution is 0.0696. The molecule has 0 amide bonds. The first-order valence-electron chi connectivity index (χ1n) is 5.06. The number of anilines is 1. The lowest BCUT2D eigenvalue weighted by Gasteiger charge is -2.05. The zero-order chi connectivity index (χ0) is 13.1. The summed E-state index contributed by atoms with van der Waals surface area (Å²) in [4.78, 5) is 10.6. The molecule has 0 aliphatic carbocycles. The second kappa shape index (κ2) is 4.87. The van der Waals surface area contributed by atoms with E-state index in [0.29, 0.717) is 5.76 Å². The normalized spacial score (nSPS) is 10.3. The van der Waals surface area contributed by atoms with E-state index >= 15 is 0 Å². The topological polar surface area (TPSA) is 62.5 Å². The molecular weight excluding hydrogens is 244 g/mol. The Bertz CT molecular complexity index is 580. The average Bonchev–Trinajstić information content (AvgIpc) is 2.80. The Balaban J connectivity index is 2.07. The molecule has 0 atom stereocenters. The molecule has 0 aliphatic heterocycles. The van der Waals surface area contributed by atoms with Gasteiger partial charge in [0.25, 0.3) is 0 Å². The van der Waals surface area contributed by atoms with E-state index in [2.05, 4.69) is 5.32 Å². The molecule has 2 rings (SSSR count). The Morgan fingerprint density at radius 1 is 1.39 bits per heavy atom. The number of hydrogen-bond acceptors (Lipinski definition) is 3. The van der Waals surface area contributed by atoms with Crippen molar-refractivity contribution >= 4 is 11.7 Å². The molecule has 1 aromatic carbocycles. The van der Waals surface area contributed by atoms with Gasteiger partial charge in [-0.2, -0.15) is 0 Å². The Morgan fingerprint density at radius 2 is 2.17 bits per heavy atom. The van der Waals surface area contributed by atoms with Crippen LogP contribution in [0.25, 0.3) is 0 Å². The monoisotopic (exact) mass is 253 g/mol. The highest BCUT2D eigenvalue weighted by Gasteiger charge is 2.10. The Morgan fingerprint density at radius 3 is 2.83 bits per heavy atom. The summed E-state index contributed by atoms with van der Waals surface area (Å²) in [5.74, 6) is -2.73. The molecule has 0 fully saturated rings. The molecule has 0 radical (unpaired) electrons. The number of carbonyl (C=O) groups is 1. The number of aromatic carboxylic acids is 1. The second-order valence-corrected chi connectivity index (χ2v) is 3.56. The Labute approximate surface area is 101 Å². The lowest BCUT2D eigenvalue weighted by atomic mass is 10.2. The molecule has 0 saturated heterocycles. The molecule has 1 aromatic heterocycles. The van der Waals surface area contributed by atoms with E-state index in [9.17, 15) is 13.6 Å². The van der Waals surface area contributed by atoms with Gasteiger partial charge in [0.2, 0.25) is 0 Å². The van der Waals surface area contributed by atoms with Crippen molar-refractivity contribution in [3.05, 3.63) is 53.5 Å². The van der Waals surface area contributed by atoms with Gasteiger partial charge < -0.3 is 14.8 Å². The summed E-state index contributed by atoms with van der Waals surface area (Å²) in [6.45, 7) is 0.0631. The second-order valence-electron chi connectivity index (χ2n) is 3.56. The van der Waals surface area contributed by atoms with Gasteiger partial charge in [0.1, 0.15) is 12.0 Å². The highest BCUT2D eigenvalue weighted by molar-refractivity contribution is 5.87. The van der Waals surface area contributed by atoms with Gasteiger partial charge in [-0.25, -0.2) is 13.6 Å². The van der Waals surface area contributed by atoms with Crippen LogP contribution in [0, 0.1) is 11.6 Å². The number of hydrogen-bond donors (Lipinski definition) is 2. The summed E-state index contributed by atoms with van der Waals surface area (Å²) in [6, 6.07) is 5.06. The third kappa shape index (κ3) is 2.48. The van der Waals surface area contributed by atoms with Gasteiger partial charge in [-0.1, -0.05) is 6.07 Å². The number of carboxylic acids is 1. The predicted molar refractivity (Wildman–Crippen MR) is 59.4 cm³/mol. The summed E-state index contributed by atoms with van der Waals surface area (Å²) >= 11 is 0. The van der Waals surface area contributed by atoms with E-state index < -0.39 is 17.6 Å². The minimum Gasteiger partial charge on any atom is -0.478 e. The molecule has 0 unspecified atom stereocenters. The van der Waals surface area contributed by atoms with Crippen molar-refractivity contribution in [3.8, 4) is 0 Å². The summed E-state index contributed by atoms with van der Waals surface area (Å²) < 4.78 is 31.1. The first-order chi connectivity index (χ1) is 8.58. The quantitative estimate of drug-likeness (QED) is 0.879. The van der Waals surface area contributed by atoms with E-state index in [1.807, 2.05) is 0 Å². The Hall–Kier alpha value is -2.37. The SMILES string of the molecule is O=C(O)c1coc(CNc2cccc(F)c2F)c1. The molecule has 0 saturated carbocycles. The van der Waals surface area contributed by atoms with Crippen molar-refractivity contribution < 1.29 is 23.1 Å². The minimum absolute atomic E-state index is 0.00603. The van der Waals surface area contributed by atoms with Crippen LogP contribution in [0.15, 0.2) is 34.9 Å². The molecule has 0 bridgehead atoms. The fourth-order valence-corrected chi connectivity index (χ4v) is 1.41. The molecule has 18 heavy (non-hydrogen) atoms. The van der Waals surface area contributed by atoms with Gasteiger partial charge in [-0.3, -0.25) is 0 Å². The zero-order valence-corrected chi connectivity index (χ0v) is 9.11. The molecule has 6 heteroatoms. The molecule has 4 nitrogen and oxygen atoms in total. The van der Waals surface area contributed by atoms with Crippen molar-refractivity contribution in [1.29, 1.82) is 0 Å². The smallest absolute Gasteiger partial charge is 0.338 e. The summed E-state index contributed by atoms with van der Waals surface area (Å²) in [5, 5.41) is 11.3. The maximum atomic E-state index is 13.3.